The molecule has 1 aromatic carbocycles. The van der Waals surface area contributed by atoms with Gasteiger partial charge in [0.15, 0.2) is 0 Å². The Morgan fingerprint density at radius 2 is 1.75 bits per heavy atom. The summed E-state index contributed by atoms with van der Waals surface area (Å²) in [7, 11) is 1.79. The Kier molecular flexibility index (Phi) is 6.49. The average Bonchev–Trinajstić information content (AvgIpc) is 2.37. The third kappa shape index (κ3) is 5.51. The van der Waals surface area contributed by atoms with Crippen LogP contribution in [0.3, 0.4) is 0 Å². The van der Waals surface area contributed by atoms with Crippen LogP contribution >= 0.6 is 0 Å². The lowest BCUT2D eigenvalue weighted by atomic mass is 9.93. The van der Waals surface area contributed by atoms with Crippen LogP contribution in [0.15, 0.2) is 30.3 Å². The Bertz CT molecular complexity index is 378. The lowest BCUT2D eigenvalue weighted by Crippen LogP contribution is -2.36. The molecule has 0 radical (unpaired) electrons. The number of likely N-dealkylation sites (N-methyl/N-ethyl adjacent to an activating group) is 1. The van der Waals surface area contributed by atoms with Gasteiger partial charge in [-0.25, -0.2) is 0 Å². The Morgan fingerprint density at radius 1 is 1.15 bits per heavy atom. The van der Waals surface area contributed by atoms with Crippen molar-refractivity contribution < 1.29 is 17.9 Å². The zero-order valence-electron chi connectivity index (χ0n) is 12.1. The van der Waals surface area contributed by atoms with Crippen LogP contribution < -0.4 is 5.32 Å². The van der Waals surface area contributed by atoms with Crippen LogP contribution in [0.5, 0.6) is 0 Å². The van der Waals surface area contributed by atoms with Crippen molar-refractivity contribution in [1.82, 2.24) is 5.32 Å². The monoisotopic (exact) mass is 289 g/mol. The highest BCUT2D eigenvalue weighted by molar-refractivity contribution is 5.20. The van der Waals surface area contributed by atoms with Gasteiger partial charge in [0.1, 0.15) is 0 Å². The molecular formula is C15H22F3NO. The molecule has 0 bridgehead atoms. The van der Waals surface area contributed by atoms with E-state index in [9.17, 15) is 13.2 Å². The van der Waals surface area contributed by atoms with E-state index in [2.05, 4.69) is 5.32 Å². The largest absolute Gasteiger partial charge is 0.391 e. The second-order valence-corrected chi connectivity index (χ2v) is 5.12. The molecule has 2 unspecified atom stereocenters. The van der Waals surface area contributed by atoms with Gasteiger partial charge in [0, 0.05) is 0 Å². The zero-order valence-corrected chi connectivity index (χ0v) is 12.1. The predicted octanol–water partition coefficient (Wildman–Crippen LogP) is 3.94. The van der Waals surface area contributed by atoms with Gasteiger partial charge < -0.3 is 10.1 Å². The van der Waals surface area contributed by atoms with Gasteiger partial charge in [0.05, 0.1) is 25.2 Å². The van der Waals surface area contributed by atoms with Crippen molar-refractivity contribution in [1.29, 1.82) is 0 Å². The smallest absolute Gasteiger partial charge is 0.376 e. The van der Waals surface area contributed by atoms with Gasteiger partial charge in [-0.2, -0.15) is 13.2 Å². The molecule has 0 spiro atoms. The molecule has 2 nitrogen and oxygen atoms in total. The molecule has 0 aliphatic heterocycles. The van der Waals surface area contributed by atoms with E-state index in [0.717, 1.165) is 5.56 Å². The van der Waals surface area contributed by atoms with Crippen LogP contribution in [0.1, 0.15) is 31.9 Å². The second kappa shape index (κ2) is 7.64. The Morgan fingerprint density at radius 3 is 2.20 bits per heavy atom. The molecule has 0 amide bonds. The lowest BCUT2D eigenvalue weighted by Gasteiger charge is -2.30. The van der Waals surface area contributed by atoms with E-state index in [1.807, 2.05) is 44.2 Å². The molecule has 5 heteroatoms. The molecule has 0 saturated carbocycles. The average molecular weight is 289 g/mol. The minimum Gasteiger partial charge on any atom is -0.376 e. The number of hydrogen-bond acceptors (Lipinski definition) is 2. The van der Waals surface area contributed by atoms with Gasteiger partial charge in [-0.3, -0.25) is 0 Å². The molecule has 114 valence electrons. The zero-order chi connectivity index (χ0) is 15.2. The van der Waals surface area contributed by atoms with Gasteiger partial charge in [-0.05, 0) is 18.5 Å². The molecule has 0 aromatic heterocycles. The van der Waals surface area contributed by atoms with Crippen molar-refractivity contribution in [2.75, 3.05) is 13.7 Å². The molecule has 0 aliphatic carbocycles. The number of alkyl halides is 3. The summed E-state index contributed by atoms with van der Waals surface area (Å²) < 4.78 is 42.2. The Hall–Kier alpha value is -1.07. The SMILES string of the molecule is CNC(c1ccccc1)C(OCCC(F)(F)F)C(C)C. The summed E-state index contributed by atoms with van der Waals surface area (Å²) in [4.78, 5) is 0. The highest BCUT2D eigenvalue weighted by Crippen LogP contribution is 2.26. The number of halogens is 3. The summed E-state index contributed by atoms with van der Waals surface area (Å²) in [6.45, 7) is 3.59. The Labute approximate surface area is 118 Å². The van der Waals surface area contributed by atoms with Crippen molar-refractivity contribution in [2.45, 2.75) is 38.6 Å². The summed E-state index contributed by atoms with van der Waals surface area (Å²) in [5.74, 6) is 0.112. The van der Waals surface area contributed by atoms with Crippen LogP contribution in [0.2, 0.25) is 0 Å². The fraction of sp³-hybridized carbons (Fsp3) is 0.600. The minimum absolute atomic E-state index is 0.112. The summed E-state index contributed by atoms with van der Waals surface area (Å²) in [6, 6.07) is 9.50. The molecule has 1 rings (SSSR count). The predicted molar refractivity (Wildman–Crippen MR) is 73.5 cm³/mol. The van der Waals surface area contributed by atoms with Gasteiger partial charge in [-0.15, -0.1) is 0 Å². The molecular weight excluding hydrogens is 267 g/mol. The quantitative estimate of drug-likeness (QED) is 0.821. The van der Waals surface area contributed by atoms with Crippen LogP contribution in [-0.4, -0.2) is 25.9 Å². The van der Waals surface area contributed by atoms with Crippen LogP contribution in [-0.2, 0) is 4.74 Å². The highest BCUT2D eigenvalue weighted by atomic mass is 19.4. The molecule has 2 atom stereocenters. The summed E-state index contributed by atoms with van der Waals surface area (Å²) in [5, 5.41) is 3.14. The number of ether oxygens (including phenoxy) is 1. The second-order valence-electron chi connectivity index (χ2n) is 5.12. The molecule has 1 N–H and O–H groups in total. The molecule has 20 heavy (non-hydrogen) atoms. The summed E-state index contributed by atoms with van der Waals surface area (Å²) >= 11 is 0. The van der Waals surface area contributed by atoms with Gasteiger partial charge in [-0.1, -0.05) is 44.2 Å². The van der Waals surface area contributed by atoms with Crippen LogP contribution in [0.25, 0.3) is 0 Å². The number of benzene rings is 1. The van der Waals surface area contributed by atoms with E-state index in [4.69, 9.17) is 4.74 Å². The van der Waals surface area contributed by atoms with Crippen molar-refractivity contribution in [3.63, 3.8) is 0 Å². The first-order valence-corrected chi connectivity index (χ1v) is 6.75. The maximum Gasteiger partial charge on any atom is 0.391 e. The normalized spacial score (nSPS) is 15.3. The van der Waals surface area contributed by atoms with Crippen LogP contribution in [0, 0.1) is 5.92 Å². The molecule has 1 aromatic rings. The van der Waals surface area contributed by atoms with E-state index in [-0.39, 0.29) is 24.7 Å². The maximum absolute atomic E-state index is 12.2. The van der Waals surface area contributed by atoms with Gasteiger partial charge in [0.25, 0.3) is 0 Å². The fourth-order valence-corrected chi connectivity index (χ4v) is 2.17. The van der Waals surface area contributed by atoms with E-state index < -0.39 is 12.6 Å². The summed E-state index contributed by atoms with van der Waals surface area (Å²) in [5.41, 5.74) is 1.01. The van der Waals surface area contributed by atoms with E-state index >= 15 is 0 Å². The van der Waals surface area contributed by atoms with Crippen LogP contribution in [0.4, 0.5) is 13.2 Å². The standard InChI is InChI=1S/C15H22F3NO/c1-11(2)14(20-10-9-15(16,17)18)13(19-3)12-7-5-4-6-8-12/h4-8,11,13-14,19H,9-10H2,1-3H3. The third-order valence-corrected chi connectivity index (χ3v) is 3.15. The van der Waals surface area contributed by atoms with Crippen molar-refractivity contribution >= 4 is 0 Å². The molecule has 0 saturated heterocycles. The highest BCUT2D eigenvalue weighted by Gasteiger charge is 2.30. The molecule has 0 fully saturated rings. The van der Waals surface area contributed by atoms with Crippen molar-refractivity contribution in [3.8, 4) is 0 Å². The first kappa shape index (κ1) is 17.0. The number of nitrogens with one attached hydrogen (secondary N) is 1. The van der Waals surface area contributed by atoms with Crippen molar-refractivity contribution in [2.24, 2.45) is 5.92 Å². The van der Waals surface area contributed by atoms with E-state index in [1.54, 1.807) is 7.05 Å². The fourth-order valence-electron chi connectivity index (χ4n) is 2.17. The number of rotatable bonds is 7. The van der Waals surface area contributed by atoms with E-state index in [0.29, 0.717) is 0 Å². The van der Waals surface area contributed by atoms with Crippen molar-refractivity contribution in [3.05, 3.63) is 35.9 Å². The Balaban J connectivity index is 2.73. The minimum atomic E-state index is -4.18. The van der Waals surface area contributed by atoms with Gasteiger partial charge in [0.2, 0.25) is 0 Å². The topological polar surface area (TPSA) is 21.3 Å². The summed E-state index contributed by atoms with van der Waals surface area (Å²) in [6.07, 6.45) is -5.39. The number of hydrogen-bond donors (Lipinski definition) is 1. The maximum atomic E-state index is 12.2. The lowest BCUT2D eigenvalue weighted by molar-refractivity contribution is -0.152. The van der Waals surface area contributed by atoms with Gasteiger partial charge >= 0.3 is 6.18 Å². The van der Waals surface area contributed by atoms with E-state index in [1.165, 1.54) is 0 Å². The first-order chi connectivity index (χ1) is 9.35. The molecule has 0 aliphatic rings. The third-order valence-electron chi connectivity index (χ3n) is 3.15. The first-order valence-electron chi connectivity index (χ1n) is 6.75. The molecule has 0 heterocycles.